The van der Waals surface area contributed by atoms with Gasteiger partial charge in [-0.05, 0) is 40.0 Å². The van der Waals surface area contributed by atoms with E-state index in [9.17, 15) is 4.79 Å². The topological polar surface area (TPSA) is 83.8 Å². The van der Waals surface area contributed by atoms with Crippen LogP contribution in [0.15, 0.2) is 4.99 Å². The first-order valence-electron chi connectivity index (χ1n) is 11.9. The number of nitrogens with zero attached hydrogens (tertiary/aromatic N) is 4. The van der Waals surface area contributed by atoms with Gasteiger partial charge in [0, 0.05) is 50.0 Å². The average molecular weight is 561 g/mol. The van der Waals surface area contributed by atoms with E-state index < -0.39 is 0 Å². The minimum absolute atomic E-state index is 0. The van der Waals surface area contributed by atoms with Crippen LogP contribution in [0, 0.1) is 19.8 Å². The third-order valence-corrected chi connectivity index (χ3v) is 6.57. The van der Waals surface area contributed by atoms with Crippen molar-refractivity contribution in [1.82, 2.24) is 25.3 Å². The van der Waals surface area contributed by atoms with E-state index in [1.165, 1.54) is 19.3 Å². The predicted molar refractivity (Wildman–Crippen MR) is 139 cm³/mol. The average Bonchev–Trinajstić information content (AvgIpc) is 3.35. The van der Waals surface area contributed by atoms with Crippen molar-refractivity contribution in [3.8, 4) is 0 Å². The normalized spacial score (nSPS) is 19.7. The monoisotopic (exact) mass is 560 g/mol. The molecule has 1 aromatic heterocycles. The number of aromatic nitrogens is 2. The van der Waals surface area contributed by atoms with Crippen LogP contribution in [0.3, 0.4) is 0 Å². The van der Waals surface area contributed by atoms with E-state index in [1.807, 2.05) is 11.6 Å². The number of hydrogen-bond donors (Lipinski definition) is 2. The van der Waals surface area contributed by atoms with Gasteiger partial charge in [-0.3, -0.25) is 9.48 Å². The fourth-order valence-corrected chi connectivity index (χ4v) is 4.72. The van der Waals surface area contributed by atoms with Gasteiger partial charge in [0.1, 0.15) is 0 Å². The molecule has 9 heteroatoms. The van der Waals surface area contributed by atoms with E-state index in [2.05, 4.69) is 34.5 Å². The molecule has 3 rings (SSSR count). The van der Waals surface area contributed by atoms with Gasteiger partial charge >= 0.3 is 0 Å². The molecular weight excluding hydrogens is 519 g/mol. The molecule has 1 aromatic rings. The summed E-state index contributed by atoms with van der Waals surface area (Å²) in [5, 5.41) is 11.5. The summed E-state index contributed by atoms with van der Waals surface area (Å²) < 4.78 is 7.18. The number of ether oxygens (including phenoxy) is 1. The molecule has 1 saturated carbocycles. The van der Waals surface area contributed by atoms with Crippen LogP contribution >= 0.6 is 24.0 Å². The summed E-state index contributed by atoms with van der Waals surface area (Å²) in [6.45, 7) is 10.6. The van der Waals surface area contributed by atoms with Gasteiger partial charge in [-0.1, -0.05) is 19.3 Å². The van der Waals surface area contributed by atoms with E-state index in [0.717, 1.165) is 68.4 Å². The maximum Gasteiger partial charge on any atom is 0.225 e. The second kappa shape index (κ2) is 13.4. The molecule has 1 unspecified atom stereocenters. The van der Waals surface area contributed by atoms with E-state index in [4.69, 9.17) is 9.73 Å². The second-order valence-corrected chi connectivity index (χ2v) is 8.81. The molecule has 8 nitrogen and oxygen atoms in total. The molecule has 182 valence electrons. The molecule has 2 fully saturated rings. The summed E-state index contributed by atoms with van der Waals surface area (Å²) in [7, 11) is 1.71. The number of aryl methyl sites for hydroxylation is 1. The number of methoxy groups -OCH3 is 1. The lowest BCUT2D eigenvalue weighted by atomic mass is 9.88. The first kappa shape index (κ1) is 26.9. The van der Waals surface area contributed by atoms with Crippen molar-refractivity contribution in [3.05, 3.63) is 17.0 Å². The van der Waals surface area contributed by atoms with Crippen LogP contribution in [-0.2, 0) is 22.6 Å². The molecule has 0 aromatic carbocycles. The quantitative estimate of drug-likeness (QED) is 0.290. The Morgan fingerprint density at radius 2 is 1.97 bits per heavy atom. The van der Waals surface area contributed by atoms with Gasteiger partial charge in [-0.25, -0.2) is 4.99 Å². The molecule has 2 aliphatic rings. The van der Waals surface area contributed by atoms with Crippen LogP contribution in [0.25, 0.3) is 0 Å². The molecule has 2 heterocycles. The highest BCUT2D eigenvalue weighted by molar-refractivity contribution is 14.0. The highest BCUT2D eigenvalue weighted by Gasteiger charge is 2.31. The molecule has 2 N–H and O–H groups in total. The van der Waals surface area contributed by atoms with Crippen molar-refractivity contribution in [2.45, 2.75) is 78.4 Å². The Hall–Kier alpha value is -1.36. The van der Waals surface area contributed by atoms with Gasteiger partial charge in [0.25, 0.3) is 0 Å². The lowest BCUT2D eigenvalue weighted by Gasteiger charge is -2.26. The Labute approximate surface area is 209 Å². The van der Waals surface area contributed by atoms with Crippen LogP contribution in [0.2, 0.25) is 0 Å². The van der Waals surface area contributed by atoms with Gasteiger partial charge in [0.15, 0.2) is 5.96 Å². The third-order valence-electron chi connectivity index (χ3n) is 6.57. The summed E-state index contributed by atoms with van der Waals surface area (Å²) in [6, 6.07) is 0.247. The summed E-state index contributed by atoms with van der Waals surface area (Å²) in [5.41, 5.74) is 3.31. The zero-order valence-corrected chi connectivity index (χ0v) is 22.5. The summed E-state index contributed by atoms with van der Waals surface area (Å²) in [6.07, 6.45) is 6.77. The fraction of sp³-hybridized carbons (Fsp3) is 0.783. The molecule has 0 spiro atoms. The minimum atomic E-state index is 0. The SMILES string of the molecule is CCNC(=NCc1c(C)nn(CCOC)c1C)NC1CCN(C(=O)C2CCCCC2)C1.I. The third kappa shape index (κ3) is 7.07. The Kier molecular flexibility index (Phi) is 11.2. The predicted octanol–water partition coefficient (Wildman–Crippen LogP) is 3.00. The molecule has 32 heavy (non-hydrogen) atoms. The zero-order valence-electron chi connectivity index (χ0n) is 20.2. The number of guanidine groups is 1. The molecule has 1 saturated heterocycles. The van der Waals surface area contributed by atoms with E-state index in [-0.39, 0.29) is 35.9 Å². The molecule has 0 bridgehead atoms. The lowest BCUT2D eigenvalue weighted by Crippen LogP contribution is -2.45. The molecule has 1 aliphatic carbocycles. The van der Waals surface area contributed by atoms with Gasteiger partial charge in [-0.2, -0.15) is 5.10 Å². The number of likely N-dealkylation sites (tertiary alicyclic amines) is 1. The molecular formula is C23H41IN6O2. The smallest absolute Gasteiger partial charge is 0.225 e. The highest BCUT2D eigenvalue weighted by Crippen LogP contribution is 2.26. The molecule has 1 amide bonds. The Balaban J connectivity index is 0.00000363. The number of aliphatic imine (C=N–C) groups is 1. The minimum Gasteiger partial charge on any atom is -0.383 e. The van der Waals surface area contributed by atoms with Crippen molar-refractivity contribution < 1.29 is 9.53 Å². The zero-order chi connectivity index (χ0) is 22.2. The van der Waals surface area contributed by atoms with Gasteiger partial charge in [-0.15, -0.1) is 24.0 Å². The standard InChI is InChI=1S/C23H40N6O2.HI/c1-5-24-23(25-15-21-17(2)27-29(18(21)3)13-14-31-4)26-20-11-12-28(16-20)22(30)19-9-7-6-8-10-19;/h19-20H,5-16H2,1-4H3,(H2,24,25,26);1H. The molecule has 0 radical (unpaired) electrons. The lowest BCUT2D eigenvalue weighted by molar-refractivity contribution is -0.135. The number of halogens is 1. The maximum absolute atomic E-state index is 12.9. The van der Waals surface area contributed by atoms with Crippen molar-refractivity contribution in [3.63, 3.8) is 0 Å². The summed E-state index contributed by atoms with van der Waals surface area (Å²) >= 11 is 0. The first-order valence-corrected chi connectivity index (χ1v) is 11.9. The number of carbonyl (C=O) groups is 1. The van der Waals surface area contributed by atoms with Crippen LogP contribution in [0.4, 0.5) is 0 Å². The van der Waals surface area contributed by atoms with Crippen molar-refractivity contribution in [2.75, 3.05) is 33.4 Å². The number of carbonyl (C=O) groups excluding carboxylic acids is 1. The summed E-state index contributed by atoms with van der Waals surface area (Å²) in [4.78, 5) is 19.7. The highest BCUT2D eigenvalue weighted by atomic mass is 127. The van der Waals surface area contributed by atoms with Gasteiger partial charge in [0.05, 0.1) is 25.4 Å². The van der Waals surface area contributed by atoms with Crippen molar-refractivity contribution in [1.29, 1.82) is 0 Å². The Morgan fingerprint density at radius 3 is 2.66 bits per heavy atom. The van der Waals surface area contributed by atoms with Crippen LogP contribution in [0.1, 0.15) is 62.4 Å². The molecule has 1 aliphatic heterocycles. The number of amides is 1. The largest absolute Gasteiger partial charge is 0.383 e. The maximum atomic E-state index is 12.9. The van der Waals surface area contributed by atoms with E-state index in [0.29, 0.717) is 19.1 Å². The van der Waals surface area contributed by atoms with Crippen molar-refractivity contribution >= 4 is 35.8 Å². The Bertz CT molecular complexity index is 760. The fourth-order valence-electron chi connectivity index (χ4n) is 4.72. The number of nitrogens with one attached hydrogen (secondary N) is 2. The van der Waals surface area contributed by atoms with Gasteiger partial charge in [0.2, 0.25) is 5.91 Å². The summed E-state index contributed by atoms with van der Waals surface area (Å²) in [5.74, 6) is 1.42. The Morgan fingerprint density at radius 1 is 1.22 bits per heavy atom. The van der Waals surface area contributed by atoms with Crippen LogP contribution in [0.5, 0.6) is 0 Å². The van der Waals surface area contributed by atoms with Gasteiger partial charge < -0.3 is 20.3 Å². The van der Waals surface area contributed by atoms with Crippen molar-refractivity contribution in [2.24, 2.45) is 10.9 Å². The molecule has 1 atom stereocenters. The van der Waals surface area contributed by atoms with Crippen LogP contribution in [-0.4, -0.2) is 65.9 Å². The van der Waals surface area contributed by atoms with Crippen LogP contribution < -0.4 is 10.6 Å². The number of hydrogen-bond acceptors (Lipinski definition) is 4. The van der Waals surface area contributed by atoms with E-state index in [1.54, 1.807) is 7.11 Å². The number of rotatable bonds is 8. The first-order chi connectivity index (χ1) is 15.0. The van der Waals surface area contributed by atoms with E-state index >= 15 is 0 Å². The second-order valence-electron chi connectivity index (χ2n) is 8.81.